The quantitative estimate of drug-likeness (QED) is 0.831. The van der Waals surface area contributed by atoms with Gasteiger partial charge >= 0.3 is 0 Å². The van der Waals surface area contributed by atoms with E-state index in [0.717, 1.165) is 29.5 Å². The summed E-state index contributed by atoms with van der Waals surface area (Å²) < 4.78 is 5.44. The van der Waals surface area contributed by atoms with Crippen LogP contribution in [0.3, 0.4) is 0 Å². The summed E-state index contributed by atoms with van der Waals surface area (Å²) in [5.74, 6) is 1.82. The molecule has 2 N–H and O–H groups in total. The van der Waals surface area contributed by atoms with Crippen molar-refractivity contribution in [3.05, 3.63) is 42.0 Å². The Hall–Kier alpha value is -1.97. The molecule has 0 aliphatic rings. The Kier molecular flexibility index (Phi) is 3.65. The molecule has 0 atom stereocenters. The number of anilines is 1. The zero-order chi connectivity index (χ0) is 12.1. The highest BCUT2D eigenvalue weighted by atomic mass is 16.5. The molecule has 0 fully saturated rings. The van der Waals surface area contributed by atoms with E-state index in [0.29, 0.717) is 6.61 Å². The minimum atomic E-state index is 0.684. The van der Waals surface area contributed by atoms with Crippen molar-refractivity contribution >= 4 is 5.69 Å². The Morgan fingerprint density at radius 2 is 2.29 bits per heavy atom. The van der Waals surface area contributed by atoms with Gasteiger partial charge in [0.15, 0.2) is 0 Å². The Bertz CT molecular complexity index is 479. The number of aromatic nitrogens is 2. The Labute approximate surface area is 101 Å². The summed E-state index contributed by atoms with van der Waals surface area (Å²) in [6.07, 6.45) is 1.84. The second-order valence-electron chi connectivity index (χ2n) is 3.81. The number of imidazole rings is 1. The van der Waals surface area contributed by atoms with Gasteiger partial charge in [0.1, 0.15) is 11.6 Å². The maximum absolute atomic E-state index is 5.44. The lowest BCUT2D eigenvalue weighted by Crippen LogP contribution is -2.00. The summed E-state index contributed by atoms with van der Waals surface area (Å²) in [7, 11) is 0. The summed E-state index contributed by atoms with van der Waals surface area (Å²) in [6, 6.07) is 7.94. The zero-order valence-electron chi connectivity index (χ0n) is 10.2. The van der Waals surface area contributed by atoms with Crippen molar-refractivity contribution in [1.29, 1.82) is 0 Å². The molecule has 90 valence electrons. The van der Waals surface area contributed by atoms with Crippen LogP contribution < -0.4 is 10.1 Å². The van der Waals surface area contributed by atoms with Gasteiger partial charge in [-0.1, -0.05) is 6.07 Å². The molecule has 4 nitrogen and oxygen atoms in total. The molecule has 4 heteroatoms. The van der Waals surface area contributed by atoms with Gasteiger partial charge in [-0.05, 0) is 26.0 Å². The summed E-state index contributed by atoms with van der Waals surface area (Å²) in [4.78, 5) is 7.34. The SMILES string of the molecule is CCOc1cccc(NCc2cnc(C)[nH]2)c1. The maximum atomic E-state index is 5.44. The van der Waals surface area contributed by atoms with Crippen LogP contribution in [0.4, 0.5) is 5.69 Å². The third kappa shape index (κ3) is 3.24. The summed E-state index contributed by atoms with van der Waals surface area (Å²) in [6.45, 7) is 5.34. The van der Waals surface area contributed by atoms with Gasteiger partial charge in [-0.15, -0.1) is 0 Å². The average molecular weight is 231 g/mol. The standard InChI is InChI=1S/C13H17N3O/c1-3-17-13-6-4-5-11(7-13)15-9-12-8-14-10(2)16-12/h4-8,15H,3,9H2,1-2H3,(H,14,16). The predicted molar refractivity (Wildman–Crippen MR) is 68.3 cm³/mol. The van der Waals surface area contributed by atoms with Gasteiger partial charge in [0.25, 0.3) is 0 Å². The Balaban J connectivity index is 1.96. The largest absolute Gasteiger partial charge is 0.494 e. The first-order valence-electron chi connectivity index (χ1n) is 5.75. The van der Waals surface area contributed by atoms with E-state index in [4.69, 9.17) is 4.74 Å². The Morgan fingerprint density at radius 3 is 3.00 bits per heavy atom. The molecule has 0 bridgehead atoms. The van der Waals surface area contributed by atoms with Crippen molar-refractivity contribution in [2.75, 3.05) is 11.9 Å². The Morgan fingerprint density at radius 1 is 1.41 bits per heavy atom. The molecule has 17 heavy (non-hydrogen) atoms. The number of nitrogens with one attached hydrogen (secondary N) is 2. The van der Waals surface area contributed by atoms with Crippen molar-refractivity contribution in [1.82, 2.24) is 9.97 Å². The fourth-order valence-electron chi connectivity index (χ4n) is 1.62. The molecule has 0 radical (unpaired) electrons. The summed E-state index contributed by atoms with van der Waals surface area (Å²) in [5.41, 5.74) is 2.12. The van der Waals surface area contributed by atoms with E-state index < -0.39 is 0 Å². The molecule has 0 amide bonds. The van der Waals surface area contributed by atoms with Crippen molar-refractivity contribution < 1.29 is 4.74 Å². The van der Waals surface area contributed by atoms with Gasteiger partial charge < -0.3 is 15.0 Å². The minimum Gasteiger partial charge on any atom is -0.494 e. The lowest BCUT2D eigenvalue weighted by Gasteiger charge is -2.07. The zero-order valence-corrected chi connectivity index (χ0v) is 10.2. The van der Waals surface area contributed by atoms with Crippen LogP contribution in [0.5, 0.6) is 5.75 Å². The van der Waals surface area contributed by atoms with Crippen molar-refractivity contribution in [2.24, 2.45) is 0 Å². The van der Waals surface area contributed by atoms with Crippen molar-refractivity contribution in [2.45, 2.75) is 20.4 Å². The number of aryl methyl sites for hydroxylation is 1. The van der Waals surface area contributed by atoms with Crippen LogP contribution in [0, 0.1) is 6.92 Å². The van der Waals surface area contributed by atoms with Crippen LogP contribution >= 0.6 is 0 Å². The second kappa shape index (κ2) is 5.39. The predicted octanol–water partition coefficient (Wildman–Crippen LogP) is 2.73. The third-order valence-electron chi connectivity index (χ3n) is 2.38. The fourth-order valence-corrected chi connectivity index (χ4v) is 1.62. The first-order chi connectivity index (χ1) is 8.28. The van der Waals surface area contributed by atoms with Crippen LogP contribution in [0.1, 0.15) is 18.4 Å². The molecule has 0 saturated carbocycles. The normalized spacial score (nSPS) is 10.2. The number of nitrogens with zero attached hydrogens (tertiary/aromatic N) is 1. The molecule has 2 aromatic rings. The van der Waals surface area contributed by atoms with Crippen LogP contribution in [-0.2, 0) is 6.54 Å². The van der Waals surface area contributed by atoms with Gasteiger partial charge in [-0.25, -0.2) is 4.98 Å². The summed E-state index contributed by atoms with van der Waals surface area (Å²) >= 11 is 0. The number of benzene rings is 1. The lowest BCUT2D eigenvalue weighted by atomic mass is 10.3. The van der Waals surface area contributed by atoms with E-state index in [1.165, 1.54) is 0 Å². The van der Waals surface area contributed by atoms with Gasteiger partial charge in [0.2, 0.25) is 0 Å². The number of hydrogen-bond donors (Lipinski definition) is 2. The molecule has 1 heterocycles. The van der Waals surface area contributed by atoms with Crippen LogP contribution in [0.2, 0.25) is 0 Å². The first-order valence-corrected chi connectivity index (χ1v) is 5.75. The number of ether oxygens (including phenoxy) is 1. The molecule has 1 aromatic heterocycles. The highest BCUT2D eigenvalue weighted by Crippen LogP contribution is 2.17. The molecule has 2 rings (SSSR count). The van der Waals surface area contributed by atoms with Crippen molar-refractivity contribution in [3.63, 3.8) is 0 Å². The highest BCUT2D eigenvalue weighted by Gasteiger charge is 1.98. The fraction of sp³-hybridized carbons (Fsp3) is 0.308. The third-order valence-corrected chi connectivity index (χ3v) is 2.38. The van der Waals surface area contributed by atoms with E-state index in [1.807, 2.05) is 44.3 Å². The van der Waals surface area contributed by atoms with Gasteiger partial charge in [-0.2, -0.15) is 0 Å². The molecular weight excluding hydrogens is 214 g/mol. The van der Waals surface area contributed by atoms with E-state index in [2.05, 4.69) is 15.3 Å². The maximum Gasteiger partial charge on any atom is 0.121 e. The second-order valence-corrected chi connectivity index (χ2v) is 3.81. The van der Waals surface area contributed by atoms with Crippen LogP contribution in [0.25, 0.3) is 0 Å². The molecule has 0 aliphatic heterocycles. The van der Waals surface area contributed by atoms with Gasteiger partial charge in [0, 0.05) is 11.8 Å². The number of aromatic amines is 1. The monoisotopic (exact) mass is 231 g/mol. The molecule has 0 spiro atoms. The topological polar surface area (TPSA) is 49.9 Å². The number of H-pyrrole nitrogens is 1. The van der Waals surface area contributed by atoms with E-state index >= 15 is 0 Å². The molecule has 0 saturated heterocycles. The van der Waals surface area contributed by atoms with Gasteiger partial charge in [-0.3, -0.25) is 0 Å². The molecule has 0 unspecified atom stereocenters. The first kappa shape index (κ1) is 11.5. The lowest BCUT2D eigenvalue weighted by molar-refractivity contribution is 0.340. The van der Waals surface area contributed by atoms with E-state index in [-0.39, 0.29) is 0 Å². The van der Waals surface area contributed by atoms with Gasteiger partial charge in [0.05, 0.1) is 25.0 Å². The molecule has 1 aromatic carbocycles. The minimum absolute atomic E-state index is 0.684. The average Bonchev–Trinajstić information content (AvgIpc) is 2.74. The van der Waals surface area contributed by atoms with Crippen LogP contribution in [0.15, 0.2) is 30.5 Å². The van der Waals surface area contributed by atoms with Crippen molar-refractivity contribution in [3.8, 4) is 5.75 Å². The van der Waals surface area contributed by atoms with E-state index in [9.17, 15) is 0 Å². The number of rotatable bonds is 5. The molecular formula is C13H17N3O. The van der Waals surface area contributed by atoms with E-state index in [1.54, 1.807) is 0 Å². The smallest absolute Gasteiger partial charge is 0.121 e. The molecule has 0 aliphatic carbocycles. The summed E-state index contributed by atoms with van der Waals surface area (Å²) in [5, 5.41) is 3.32. The highest BCUT2D eigenvalue weighted by molar-refractivity contribution is 5.48. The van der Waals surface area contributed by atoms with Crippen LogP contribution in [-0.4, -0.2) is 16.6 Å². The number of hydrogen-bond acceptors (Lipinski definition) is 3.